The molecule has 1 aromatic carbocycles. The van der Waals surface area contributed by atoms with Crippen molar-refractivity contribution in [2.75, 3.05) is 39.8 Å². The van der Waals surface area contributed by atoms with E-state index in [1.807, 2.05) is 6.92 Å². The van der Waals surface area contributed by atoms with Crippen molar-refractivity contribution in [1.29, 1.82) is 0 Å². The summed E-state index contributed by atoms with van der Waals surface area (Å²) in [7, 11) is 2.15. The average molecular weight is 514 g/mol. The molecule has 0 radical (unpaired) electrons. The van der Waals surface area contributed by atoms with Crippen LogP contribution in [0.15, 0.2) is 29.3 Å². The zero-order chi connectivity index (χ0) is 19.7. The van der Waals surface area contributed by atoms with Gasteiger partial charge in [-0.3, -0.25) is 0 Å². The van der Waals surface area contributed by atoms with Crippen molar-refractivity contribution in [1.82, 2.24) is 15.5 Å². The lowest BCUT2D eigenvalue weighted by Gasteiger charge is -2.30. The van der Waals surface area contributed by atoms with Gasteiger partial charge in [-0.2, -0.15) is 13.2 Å². The van der Waals surface area contributed by atoms with Gasteiger partial charge in [-0.05, 0) is 57.0 Å². The van der Waals surface area contributed by atoms with E-state index >= 15 is 0 Å². The molecule has 1 heterocycles. The molecule has 1 aliphatic rings. The van der Waals surface area contributed by atoms with E-state index in [0.717, 1.165) is 37.7 Å². The summed E-state index contributed by atoms with van der Waals surface area (Å²) in [6.45, 7) is 5.06. The number of nitrogens with zero attached hydrogens (tertiary/aromatic N) is 2. The predicted octanol–water partition coefficient (Wildman–Crippen LogP) is 3.64. The molecule has 0 amide bonds. The maximum Gasteiger partial charge on any atom is 0.422 e. The second-order valence-corrected chi connectivity index (χ2v) is 6.89. The third-order valence-corrected chi connectivity index (χ3v) is 4.37. The molecular formula is C19H30F3IN4O. The summed E-state index contributed by atoms with van der Waals surface area (Å²) < 4.78 is 41.2. The zero-order valence-corrected chi connectivity index (χ0v) is 18.7. The lowest BCUT2D eigenvalue weighted by Crippen LogP contribution is -2.43. The van der Waals surface area contributed by atoms with Crippen LogP contribution in [0.3, 0.4) is 0 Å². The molecule has 9 heteroatoms. The van der Waals surface area contributed by atoms with Gasteiger partial charge in [-0.15, -0.1) is 24.0 Å². The molecule has 1 aromatic rings. The van der Waals surface area contributed by atoms with Crippen molar-refractivity contribution in [2.45, 2.75) is 32.5 Å². The molecule has 1 unspecified atom stereocenters. The number of aliphatic imine (C=N–C) groups is 1. The maximum atomic E-state index is 12.2. The highest BCUT2D eigenvalue weighted by Crippen LogP contribution is 2.19. The van der Waals surface area contributed by atoms with E-state index in [2.05, 4.69) is 27.6 Å². The number of alkyl halides is 3. The molecule has 0 bridgehead atoms. The van der Waals surface area contributed by atoms with Gasteiger partial charge < -0.3 is 20.3 Å². The number of hydrogen-bond donors (Lipinski definition) is 2. The van der Waals surface area contributed by atoms with Crippen LogP contribution in [-0.2, 0) is 6.54 Å². The van der Waals surface area contributed by atoms with Gasteiger partial charge in [0.05, 0.1) is 6.54 Å². The van der Waals surface area contributed by atoms with E-state index in [0.29, 0.717) is 12.5 Å². The summed E-state index contributed by atoms with van der Waals surface area (Å²) in [4.78, 5) is 6.91. The predicted molar refractivity (Wildman–Crippen MR) is 116 cm³/mol. The minimum atomic E-state index is -4.33. The molecule has 1 aliphatic heterocycles. The SMILES string of the molecule is CCNC(=NCc1ccc(OCC(F)(F)F)cc1)NCC1CCCN(C)C1.I. The zero-order valence-electron chi connectivity index (χ0n) is 16.4. The third kappa shape index (κ3) is 9.81. The van der Waals surface area contributed by atoms with Crippen molar-refractivity contribution >= 4 is 29.9 Å². The Labute approximate surface area is 182 Å². The molecule has 2 rings (SSSR count). The number of likely N-dealkylation sites (tertiary alicyclic amines) is 1. The first-order valence-electron chi connectivity index (χ1n) is 9.35. The van der Waals surface area contributed by atoms with E-state index in [1.54, 1.807) is 12.1 Å². The van der Waals surface area contributed by atoms with E-state index in [1.165, 1.54) is 25.0 Å². The highest BCUT2D eigenvalue weighted by atomic mass is 127. The first-order chi connectivity index (χ1) is 12.9. The molecule has 2 N–H and O–H groups in total. The normalized spacial score (nSPS) is 18.3. The molecule has 0 aromatic heterocycles. The summed E-state index contributed by atoms with van der Waals surface area (Å²) in [5, 5.41) is 6.62. The Morgan fingerprint density at radius 3 is 2.57 bits per heavy atom. The van der Waals surface area contributed by atoms with Crippen molar-refractivity contribution in [3.63, 3.8) is 0 Å². The number of benzene rings is 1. The van der Waals surface area contributed by atoms with Gasteiger partial charge in [0.2, 0.25) is 0 Å². The average Bonchev–Trinajstić information content (AvgIpc) is 2.62. The number of guanidine groups is 1. The Kier molecular flexibility index (Phi) is 10.9. The summed E-state index contributed by atoms with van der Waals surface area (Å²) in [5.41, 5.74) is 0.906. The Balaban J connectivity index is 0.00000392. The first-order valence-corrected chi connectivity index (χ1v) is 9.35. The second-order valence-electron chi connectivity index (χ2n) is 6.89. The Morgan fingerprint density at radius 2 is 1.96 bits per heavy atom. The Morgan fingerprint density at radius 1 is 1.25 bits per heavy atom. The minimum Gasteiger partial charge on any atom is -0.484 e. The molecule has 5 nitrogen and oxygen atoms in total. The monoisotopic (exact) mass is 514 g/mol. The molecule has 1 atom stereocenters. The first kappa shape index (κ1) is 24.8. The minimum absolute atomic E-state index is 0. The molecule has 28 heavy (non-hydrogen) atoms. The van der Waals surface area contributed by atoms with Crippen LogP contribution in [0.2, 0.25) is 0 Å². The second kappa shape index (κ2) is 12.4. The lowest BCUT2D eigenvalue weighted by atomic mass is 9.99. The van der Waals surface area contributed by atoms with Gasteiger partial charge in [0.25, 0.3) is 0 Å². The summed E-state index contributed by atoms with van der Waals surface area (Å²) in [6.07, 6.45) is -1.89. The van der Waals surface area contributed by atoms with Gasteiger partial charge in [-0.25, -0.2) is 4.99 Å². The number of hydrogen-bond acceptors (Lipinski definition) is 3. The van der Waals surface area contributed by atoms with Gasteiger partial charge >= 0.3 is 6.18 Å². The largest absolute Gasteiger partial charge is 0.484 e. The van der Waals surface area contributed by atoms with Crippen molar-refractivity contribution in [2.24, 2.45) is 10.9 Å². The quantitative estimate of drug-likeness (QED) is 0.332. The van der Waals surface area contributed by atoms with E-state index in [4.69, 9.17) is 4.74 Å². The Hall–Kier alpha value is -1.23. The van der Waals surface area contributed by atoms with E-state index in [-0.39, 0.29) is 29.7 Å². The molecule has 1 saturated heterocycles. The molecule has 1 fully saturated rings. The number of rotatable bonds is 7. The van der Waals surface area contributed by atoms with Crippen LogP contribution in [0.4, 0.5) is 13.2 Å². The highest BCUT2D eigenvalue weighted by molar-refractivity contribution is 14.0. The fourth-order valence-corrected chi connectivity index (χ4v) is 3.05. The van der Waals surface area contributed by atoms with Crippen LogP contribution >= 0.6 is 24.0 Å². The van der Waals surface area contributed by atoms with Crippen LogP contribution in [0.1, 0.15) is 25.3 Å². The standard InChI is InChI=1S/C19H29F3N4O.HI/c1-3-23-18(25-12-16-5-4-10-26(2)13-16)24-11-15-6-8-17(9-7-15)27-14-19(20,21)22;/h6-9,16H,3-5,10-14H2,1-2H3,(H2,23,24,25);1H. The topological polar surface area (TPSA) is 48.9 Å². The molecular weight excluding hydrogens is 484 g/mol. The van der Waals surface area contributed by atoms with Crippen LogP contribution in [0.25, 0.3) is 0 Å². The van der Waals surface area contributed by atoms with E-state index < -0.39 is 12.8 Å². The van der Waals surface area contributed by atoms with Gasteiger partial charge in [0, 0.05) is 19.6 Å². The summed E-state index contributed by atoms with van der Waals surface area (Å²) >= 11 is 0. The number of halogens is 4. The maximum absolute atomic E-state index is 12.2. The number of piperidine rings is 1. The van der Waals surface area contributed by atoms with E-state index in [9.17, 15) is 13.2 Å². The Bertz CT molecular complexity index is 596. The highest BCUT2D eigenvalue weighted by Gasteiger charge is 2.28. The fourth-order valence-electron chi connectivity index (χ4n) is 3.05. The molecule has 0 spiro atoms. The lowest BCUT2D eigenvalue weighted by molar-refractivity contribution is -0.153. The van der Waals surface area contributed by atoms with Gasteiger partial charge in [0.15, 0.2) is 12.6 Å². The summed E-state index contributed by atoms with van der Waals surface area (Å²) in [6, 6.07) is 6.54. The van der Waals surface area contributed by atoms with Crippen LogP contribution < -0.4 is 15.4 Å². The summed E-state index contributed by atoms with van der Waals surface area (Å²) in [5.74, 6) is 1.56. The third-order valence-electron chi connectivity index (χ3n) is 4.37. The number of ether oxygens (including phenoxy) is 1. The molecule has 0 aliphatic carbocycles. The van der Waals surface area contributed by atoms with Crippen LogP contribution in [-0.4, -0.2) is 56.9 Å². The number of nitrogens with one attached hydrogen (secondary N) is 2. The smallest absolute Gasteiger partial charge is 0.422 e. The van der Waals surface area contributed by atoms with Gasteiger partial charge in [-0.1, -0.05) is 12.1 Å². The van der Waals surface area contributed by atoms with Crippen molar-refractivity contribution < 1.29 is 17.9 Å². The van der Waals surface area contributed by atoms with Crippen LogP contribution in [0, 0.1) is 5.92 Å². The fraction of sp³-hybridized carbons (Fsp3) is 0.632. The van der Waals surface area contributed by atoms with Crippen molar-refractivity contribution in [3.8, 4) is 5.75 Å². The van der Waals surface area contributed by atoms with Crippen LogP contribution in [0.5, 0.6) is 5.75 Å². The van der Waals surface area contributed by atoms with Gasteiger partial charge in [0.1, 0.15) is 5.75 Å². The molecule has 0 saturated carbocycles. The van der Waals surface area contributed by atoms with Crippen molar-refractivity contribution in [3.05, 3.63) is 29.8 Å². The molecule has 160 valence electrons.